The van der Waals surface area contributed by atoms with Crippen LogP contribution in [0.1, 0.15) is 15.9 Å². The Kier molecular flexibility index (Phi) is 9.64. The number of amides is 2. The first-order valence-corrected chi connectivity index (χ1v) is 10.5. The van der Waals surface area contributed by atoms with Crippen LogP contribution in [0, 0.1) is 17.0 Å². The van der Waals surface area contributed by atoms with Crippen LogP contribution in [-0.2, 0) is 19.1 Å². The van der Waals surface area contributed by atoms with Gasteiger partial charge in [0, 0.05) is 36.4 Å². The average molecular weight is 461 g/mol. The second-order valence-corrected chi connectivity index (χ2v) is 7.53. The number of nitrogens with one attached hydrogen (secondary N) is 2. The molecule has 11 heteroatoms. The number of nitro groups is 1. The van der Waals surface area contributed by atoms with Crippen molar-refractivity contribution >= 4 is 40.9 Å². The lowest BCUT2D eigenvalue weighted by Gasteiger charge is -2.11. The van der Waals surface area contributed by atoms with E-state index in [1.165, 1.54) is 37.1 Å². The molecule has 0 unspecified atom stereocenters. The van der Waals surface area contributed by atoms with Gasteiger partial charge in [-0.25, -0.2) is 4.79 Å². The summed E-state index contributed by atoms with van der Waals surface area (Å²) >= 11 is 1.17. The molecule has 2 aromatic carbocycles. The highest BCUT2D eigenvalue weighted by Crippen LogP contribution is 2.24. The number of nitrogens with zero attached hydrogens (tertiary/aromatic N) is 1. The first-order chi connectivity index (χ1) is 15.3. The molecule has 0 aliphatic heterocycles. The quantitative estimate of drug-likeness (QED) is 0.171. The molecule has 0 radical (unpaired) electrons. The number of thioether (sulfide) groups is 1. The maximum atomic E-state index is 12.5. The van der Waals surface area contributed by atoms with Gasteiger partial charge in [0.2, 0.25) is 5.91 Å². The van der Waals surface area contributed by atoms with Gasteiger partial charge in [-0.05, 0) is 30.7 Å². The van der Waals surface area contributed by atoms with Crippen molar-refractivity contribution in [3.8, 4) is 0 Å². The van der Waals surface area contributed by atoms with Gasteiger partial charge >= 0.3 is 5.97 Å². The molecule has 0 bridgehead atoms. The summed E-state index contributed by atoms with van der Waals surface area (Å²) in [5, 5.41) is 16.0. The molecule has 0 aliphatic carbocycles. The van der Waals surface area contributed by atoms with E-state index >= 15 is 0 Å². The van der Waals surface area contributed by atoms with E-state index in [-0.39, 0.29) is 22.9 Å². The normalized spacial score (nSPS) is 10.3. The molecule has 0 atom stereocenters. The van der Waals surface area contributed by atoms with Crippen LogP contribution in [0.15, 0.2) is 47.4 Å². The molecule has 0 fully saturated rings. The second kappa shape index (κ2) is 12.4. The number of aryl methyl sites for hydroxylation is 1. The van der Waals surface area contributed by atoms with Crippen LogP contribution in [0.3, 0.4) is 0 Å². The van der Waals surface area contributed by atoms with Crippen molar-refractivity contribution < 1.29 is 28.8 Å². The predicted octanol–water partition coefficient (Wildman–Crippen LogP) is 2.55. The third kappa shape index (κ3) is 7.67. The molecule has 0 saturated heterocycles. The first kappa shape index (κ1) is 24.8. The third-order valence-corrected chi connectivity index (χ3v) is 5.20. The molecule has 32 heavy (non-hydrogen) atoms. The predicted molar refractivity (Wildman–Crippen MR) is 119 cm³/mol. The number of carbonyl (C=O) groups excluding carboxylic acids is 3. The van der Waals surface area contributed by atoms with Crippen molar-refractivity contribution in [3.05, 3.63) is 63.7 Å². The number of non-ortho nitro benzene ring substituents is 1. The summed E-state index contributed by atoms with van der Waals surface area (Å²) in [4.78, 5) is 47.3. The van der Waals surface area contributed by atoms with Gasteiger partial charge in [0.15, 0.2) is 6.61 Å². The number of esters is 1. The summed E-state index contributed by atoms with van der Waals surface area (Å²) in [6, 6.07) is 10.6. The SMILES string of the molecule is COCCNC(=O)CSc1ccccc1C(=O)OCC(=O)Nc1ccc([N+](=O)[O-])cc1C. The van der Waals surface area contributed by atoms with E-state index in [1.807, 2.05) is 0 Å². The van der Waals surface area contributed by atoms with Crippen LogP contribution in [0.5, 0.6) is 0 Å². The molecule has 0 saturated carbocycles. The Morgan fingerprint density at radius 3 is 2.56 bits per heavy atom. The Morgan fingerprint density at radius 1 is 1.12 bits per heavy atom. The Labute approximate surface area is 188 Å². The lowest BCUT2D eigenvalue weighted by molar-refractivity contribution is -0.384. The summed E-state index contributed by atoms with van der Waals surface area (Å²) in [6.45, 7) is 1.88. The number of methoxy groups -OCH3 is 1. The standard InChI is InChI=1S/C21H23N3O7S/c1-14-11-15(24(28)29)7-8-17(14)23-19(25)12-31-21(27)16-5-3-4-6-18(16)32-13-20(26)22-9-10-30-2/h3-8,11H,9-10,12-13H2,1-2H3,(H,22,26)(H,23,25). The van der Waals surface area contributed by atoms with Crippen LogP contribution in [-0.4, -0.2) is 55.3 Å². The third-order valence-electron chi connectivity index (χ3n) is 4.12. The Hall–Kier alpha value is -3.44. The molecule has 2 aromatic rings. The highest BCUT2D eigenvalue weighted by molar-refractivity contribution is 8.00. The number of hydrogen-bond acceptors (Lipinski definition) is 8. The van der Waals surface area contributed by atoms with Crippen molar-refractivity contribution in [2.24, 2.45) is 0 Å². The molecule has 2 amide bonds. The summed E-state index contributed by atoms with van der Waals surface area (Å²) < 4.78 is 9.97. The number of nitro benzene ring substituents is 1. The summed E-state index contributed by atoms with van der Waals surface area (Å²) in [5.74, 6) is -1.39. The van der Waals surface area contributed by atoms with Gasteiger partial charge in [0.25, 0.3) is 11.6 Å². The number of carbonyl (C=O) groups is 3. The molecule has 10 nitrogen and oxygen atoms in total. The van der Waals surface area contributed by atoms with Crippen molar-refractivity contribution in [2.45, 2.75) is 11.8 Å². The van der Waals surface area contributed by atoms with Gasteiger partial charge in [-0.15, -0.1) is 11.8 Å². The number of hydrogen-bond donors (Lipinski definition) is 2. The Morgan fingerprint density at radius 2 is 1.88 bits per heavy atom. The van der Waals surface area contributed by atoms with E-state index in [0.717, 1.165) is 0 Å². The van der Waals surface area contributed by atoms with Gasteiger partial charge < -0.3 is 20.1 Å². The topological polar surface area (TPSA) is 137 Å². The maximum Gasteiger partial charge on any atom is 0.339 e. The first-order valence-electron chi connectivity index (χ1n) is 9.51. The highest BCUT2D eigenvalue weighted by Gasteiger charge is 2.16. The zero-order valence-corrected chi connectivity index (χ0v) is 18.4. The van der Waals surface area contributed by atoms with Crippen LogP contribution in [0.25, 0.3) is 0 Å². The average Bonchev–Trinajstić information content (AvgIpc) is 2.77. The fourth-order valence-corrected chi connectivity index (χ4v) is 3.42. The van der Waals surface area contributed by atoms with Crippen LogP contribution in [0.4, 0.5) is 11.4 Å². The fourth-order valence-electron chi connectivity index (χ4n) is 2.54. The van der Waals surface area contributed by atoms with Gasteiger partial charge in [0.05, 0.1) is 22.8 Å². The number of ether oxygens (including phenoxy) is 2. The Bertz CT molecular complexity index is 997. The zero-order chi connectivity index (χ0) is 23.5. The summed E-state index contributed by atoms with van der Waals surface area (Å²) in [7, 11) is 1.54. The summed E-state index contributed by atoms with van der Waals surface area (Å²) in [6.07, 6.45) is 0. The van der Waals surface area contributed by atoms with Crippen LogP contribution < -0.4 is 10.6 Å². The largest absolute Gasteiger partial charge is 0.452 e. The molecule has 0 aromatic heterocycles. The van der Waals surface area contributed by atoms with E-state index in [1.54, 1.807) is 31.2 Å². The van der Waals surface area contributed by atoms with E-state index in [2.05, 4.69) is 10.6 Å². The molecule has 0 aliphatic rings. The van der Waals surface area contributed by atoms with Crippen molar-refractivity contribution in [2.75, 3.05) is 37.9 Å². The van der Waals surface area contributed by atoms with Crippen molar-refractivity contribution in [1.82, 2.24) is 5.32 Å². The summed E-state index contributed by atoms with van der Waals surface area (Å²) in [5.41, 5.74) is 1.03. The molecule has 2 N–H and O–H groups in total. The van der Waals surface area contributed by atoms with Crippen LogP contribution >= 0.6 is 11.8 Å². The Balaban J connectivity index is 1.91. The van der Waals surface area contributed by atoms with E-state index < -0.39 is 23.4 Å². The zero-order valence-electron chi connectivity index (χ0n) is 17.6. The maximum absolute atomic E-state index is 12.5. The minimum absolute atomic E-state index is 0.0894. The van der Waals surface area contributed by atoms with Crippen molar-refractivity contribution in [1.29, 1.82) is 0 Å². The molecule has 2 rings (SSSR count). The van der Waals surface area contributed by atoms with E-state index in [9.17, 15) is 24.5 Å². The molecular formula is C21H23N3O7S. The number of benzene rings is 2. The fraction of sp³-hybridized carbons (Fsp3) is 0.286. The minimum atomic E-state index is -0.705. The second-order valence-electron chi connectivity index (χ2n) is 6.51. The molecular weight excluding hydrogens is 438 g/mol. The van der Waals surface area contributed by atoms with Gasteiger partial charge in [-0.3, -0.25) is 19.7 Å². The molecule has 0 heterocycles. The van der Waals surface area contributed by atoms with E-state index in [0.29, 0.717) is 29.3 Å². The van der Waals surface area contributed by atoms with E-state index in [4.69, 9.17) is 9.47 Å². The lowest BCUT2D eigenvalue weighted by atomic mass is 10.2. The minimum Gasteiger partial charge on any atom is -0.452 e. The molecule has 0 spiro atoms. The van der Waals surface area contributed by atoms with Crippen LogP contribution in [0.2, 0.25) is 0 Å². The monoisotopic (exact) mass is 461 g/mol. The van der Waals surface area contributed by atoms with Crippen molar-refractivity contribution in [3.63, 3.8) is 0 Å². The number of anilines is 1. The smallest absolute Gasteiger partial charge is 0.339 e. The van der Waals surface area contributed by atoms with Gasteiger partial charge in [0.1, 0.15) is 0 Å². The lowest BCUT2D eigenvalue weighted by Crippen LogP contribution is -2.28. The van der Waals surface area contributed by atoms with Gasteiger partial charge in [-0.1, -0.05) is 12.1 Å². The highest BCUT2D eigenvalue weighted by atomic mass is 32.2. The number of rotatable bonds is 11. The van der Waals surface area contributed by atoms with Gasteiger partial charge in [-0.2, -0.15) is 0 Å². The molecule has 170 valence electrons.